The van der Waals surface area contributed by atoms with Crippen LogP contribution in [0.15, 0.2) is 30.3 Å². The fraction of sp³-hybridized carbons (Fsp3) is 0.304. The molecule has 10 heteroatoms. The molecule has 3 aromatic rings. The largest absolute Gasteiger partial charge is 0.451 e. The average molecular weight is 463 g/mol. The van der Waals surface area contributed by atoms with Crippen molar-refractivity contribution in [1.82, 2.24) is 20.2 Å². The van der Waals surface area contributed by atoms with Gasteiger partial charge in [0, 0.05) is 4.88 Å². The quantitative estimate of drug-likeness (QED) is 0.441. The lowest BCUT2D eigenvalue weighted by molar-refractivity contribution is -0.141. The number of rotatable bonds is 6. The number of thiophene rings is 1. The average Bonchev–Trinajstić information content (AvgIpc) is 3.38. The Morgan fingerprint density at radius 2 is 2.15 bits per heavy atom. The molecule has 1 N–H and O–H groups in total. The van der Waals surface area contributed by atoms with E-state index in [1.807, 2.05) is 30.3 Å². The Balaban J connectivity index is 1.47. The number of esters is 1. The van der Waals surface area contributed by atoms with Crippen LogP contribution in [-0.2, 0) is 27.2 Å². The number of tetrazole rings is 1. The molecular weight excluding hydrogens is 440 g/mol. The lowest BCUT2D eigenvalue weighted by Crippen LogP contribution is -2.23. The SMILES string of the molecule is Cc1nnnn1C(=Cc1ccccc1)C(=O)OCC(=O)Nc1sc2c(c1C#N)CCC(C)C2. The van der Waals surface area contributed by atoms with Crippen molar-refractivity contribution in [2.24, 2.45) is 5.92 Å². The highest BCUT2D eigenvalue weighted by Gasteiger charge is 2.25. The van der Waals surface area contributed by atoms with Crippen molar-refractivity contribution >= 4 is 40.0 Å². The van der Waals surface area contributed by atoms with Gasteiger partial charge in [0.1, 0.15) is 11.1 Å². The number of hydrogen-bond acceptors (Lipinski definition) is 8. The van der Waals surface area contributed by atoms with Gasteiger partial charge in [-0.05, 0) is 59.7 Å². The summed E-state index contributed by atoms with van der Waals surface area (Å²) >= 11 is 1.42. The first-order valence-electron chi connectivity index (χ1n) is 10.5. The standard InChI is InChI=1S/C23H22N6O3S/c1-14-8-9-17-18(12-24)22(33-20(17)10-14)25-21(30)13-32-23(31)19(29-15(2)26-27-28-29)11-16-6-4-3-5-7-16/h3-7,11,14H,8-10,13H2,1-2H3,(H,25,30). The summed E-state index contributed by atoms with van der Waals surface area (Å²) in [5.74, 6) is -0.310. The molecule has 4 rings (SSSR count). The van der Waals surface area contributed by atoms with Gasteiger partial charge in [-0.15, -0.1) is 16.4 Å². The van der Waals surface area contributed by atoms with Gasteiger partial charge in [-0.1, -0.05) is 37.3 Å². The van der Waals surface area contributed by atoms with Gasteiger partial charge in [-0.25, -0.2) is 4.79 Å². The number of carbonyl (C=O) groups is 2. The Morgan fingerprint density at radius 3 is 2.85 bits per heavy atom. The van der Waals surface area contributed by atoms with E-state index in [-0.39, 0.29) is 5.70 Å². The molecule has 0 saturated heterocycles. The Kier molecular flexibility index (Phi) is 6.60. The van der Waals surface area contributed by atoms with Crippen molar-refractivity contribution in [2.75, 3.05) is 11.9 Å². The van der Waals surface area contributed by atoms with E-state index in [4.69, 9.17) is 4.74 Å². The second kappa shape index (κ2) is 9.75. The predicted octanol–water partition coefficient (Wildman–Crippen LogP) is 3.22. The number of fused-ring (bicyclic) bond motifs is 1. The number of nitriles is 1. The van der Waals surface area contributed by atoms with Crippen molar-refractivity contribution in [2.45, 2.75) is 33.1 Å². The van der Waals surface area contributed by atoms with E-state index in [0.717, 1.165) is 35.3 Å². The van der Waals surface area contributed by atoms with Gasteiger partial charge < -0.3 is 10.1 Å². The van der Waals surface area contributed by atoms with E-state index < -0.39 is 18.5 Å². The summed E-state index contributed by atoms with van der Waals surface area (Å²) in [6, 6.07) is 11.4. The molecule has 1 aromatic carbocycles. The first-order chi connectivity index (χ1) is 16.0. The van der Waals surface area contributed by atoms with Crippen molar-refractivity contribution in [3.8, 4) is 6.07 Å². The van der Waals surface area contributed by atoms with Gasteiger partial charge >= 0.3 is 5.97 Å². The summed E-state index contributed by atoms with van der Waals surface area (Å²) < 4.78 is 6.53. The van der Waals surface area contributed by atoms with Crippen molar-refractivity contribution in [3.05, 3.63) is 57.7 Å². The van der Waals surface area contributed by atoms with Crippen LogP contribution in [0.2, 0.25) is 0 Å². The second-order valence-corrected chi connectivity index (χ2v) is 8.98. The van der Waals surface area contributed by atoms with Crippen LogP contribution in [0.25, 0.3) is 11.8 Å². The molecule has 0 radical (unpaired) electrons. The van der Waals surface area contributed by atoms with E-state index in [9.17, 15) is 14.9 Å². The smallest absolute Gasteiger partial charge is 0.357 e. The van der Waals surface area contributed by atoms with Crippen molar-refractivity contribution in [1.29, 1.82) is 5.26 Å². The zero-order chi connectivity index (χ0) is 23.4. The molecule has 2 heterocycles. The number of anilines is 1. The molecule has 1 amide bonds. The molecule has 1 aliphatic carbocycles. The highest BCUT2D eigenvalue weighted by molar-refractivity contribution is 7.16. The first kappa shape index (κ1) is 22.4. The Bertz CT molecular complexity index is 1250. The van der Waals surface area contributed by atoms with Crippen molar-refractivity contribution in [3.63, 3.8) is 0 Å². The number of nitrogens with zero attached hydrogens (tertiary/aromatic N) is 5. The summed E-state index contributed by atoms with van der Waals surface area (Å²) in [7, 11) is 0. The van der Waals surface area contributed by atoms with E-state index in [1.165, 1.54) is 16.0 Å². The maximum Gasteiger partial charge on any atom is 0.357 e. The molecule has 9 nitrogen and oxygen atoms in total. The maximum atomic E-state index is 12.8. The molecule has 0 bridgehead atoms. The van der Waals surface area contributed by atoms with Gasteiger partial charge in [-0.2, -0.15) is 9.94 Å². The third-order valence-corrected chi connectivity index (χ3v) is 6.55. The number of aromatic nitrogens is 4. The molecule has 168 valence electrons. The summed E-state index contributed by atoms with van der Waals surface area (Å²) in [4.78, 5) is 26.5. The van der Waals surface area contributed by atoms with E-state index in [1.54, 1.807) is 13.0 Å². The maximum absolute atomic E-state index is 12.8. The summed E-state index contributed by atoms with van der Waals surface area (Å²) in [6.07, 6.45) is 4.35. The monoisotopic (exact) mass is 462 g/mol. The zero-order valence-corrected chi connectivity index (χ0v) is 19.1. The van der Waals surface area contributed by atoms with E-state index in [2.05, 4.69) is 33.8 Å². The van der Waals surface area contributed by atoms with Crippen LogP contribution in [-0.4, -0.2) is 38.7 Å². The molecule has 1 atom stereocenters. The molecule has 33 heavy (non-hydrogen) atoms. The lowest BCUT2D eigenvalue weighted by atomic mass is 9.89. The van der Waals surface area contributed by atoms with Crippen LogP contribution < -0.4 is 5.32 Å². The second-order valence-electron chi connectivity index (χ2n) is 7.87. The molecule has 1 aliphatic rings. The van der Waals surface area contributed by atoms with Crippen LogP contribution in [0, 0.1) is 24.2 Å². The number of ether oxygens (including phenoxy) is 1. The van der Waals surface area contributed by atoms with Crippen LogP contribution in [0.3, 0.4) is 0 Å². The minimum atomic E-state index is -0.746. The summed E-state index contributed by atoms with van der Waals surface area (Å²) in [5.41, 5.74) is 2.36. The molecule has 0 aliphatic heterocycles. The highest BCUT2D eigenvalue weighted by atomic mass is 32.1. The minimum absolute atomic E-state index is 0.0785. The molecule has 0 saturated carbocycles. The van der Waals surface area contributed by atoms with E-state index >= 15 is 0 Å². The normalized spacial score (nSPS) is 15.4. The summed E-state index contributed by atoms with van der Waals surface area (Å²) in [5, 5.41) is 24.1. The number of hydrogen-bond donors (Lipinski definition) is 1. The molecule has 0 fully saturated rings. The Hall–Kier alpha value is -3.84. The van der Waals surface area contributed by atoms with Gasteiger partial charge in [0.05, 0.1) is 5.56 Å². The first-order valence-corrected chi connectivity index (χ1v) is 11.3. The van der Waals surface area contributed by atoms with Gasteiger partial charge in [0.15, 0.2) is 18.1 Å². The zero-order valence-electron chi connectivity index (χ0n) is 18.2. The van der Waals surface area contributed by atoms with Crippen molar-refractivity contribution < 1.29 is 14.3 Å². The fourth-order valence-corrected chi connectivity index (χ4v) is 5.07. The molecular formula is C23H22N6O3S. The van der Waals surface area contributed by atoms with Crippen LogP contribution >= 0.6 is 11.3 Å². The summed E-state index contributed by atoms with van der Waals surface area (Å²) in [6.45, 7) is 3.33. The van der Waals surface area contributed by atoms with Crippen LogP contribution in [0.4, 0.5) is 5.00 Å². The lowest BCUT2D eigenvalue weighted by Gasteiger charge is -2.17. The molecule has 0 spiro atoms. The third kappa shape index (κ3) is 4.99. The van der Waals surface area contributed by atoms with Gasteiger partial charge in [0.25, 0.3) is 5.91 Å². The van der Waals surface area contributed by atoms with Crippen LogP contribution in [0.5, 0.6) is 0 Å². The Morgan fingerprint density at radius 1 is 1.36 bits per heavy atom. The number of aryl methyl sites for hydroxylation is 1. The fourth-order valence-electron chi connectivity index (χ4n) is 3.69. The topological polar surface area (TPSA) is 123 Å². The predicted molar refractivity (Wildman–Crippen MR) is 123 cm³/mol. The number of carbonyl (C=O) groups excluding carboxylic acids is 2. The number of nitrogens with one attached hydrogen (secondary N) is 1. The van der Waals surface area contributed by atoms with Crippen LogP contribution in [0.1, 0.15) is 40.7 Å². The highest BCUT2D eigenvalue weighted by Crippen LogP contribution is 2.39. The molecule has 1 unspecified atom stereocenters. The molecule has 2 aromatic heterocycles. The minimum Gasteiger partial charge on any atom is -0.451 e. The third-order valence-electron chi connectivity index (χ3n) is 5.38. The van der Waals surface area contributed by atoms with Gasteiger partial charge in [-0.3, -0.25) is 4.79 Å². The van der Waals surface area contributed by atoms with Gasteiger partial charge in [0.2, 0.25) is 0 Å². The number of benzene rings is 1. The number of amides is 1. The Labute approximate surface area is 194 Å². The van der Waals surface area contributed by atoms with E-state index in [0.29, 0.717) is 22.3 Å².